The fraction of sp³-hybridized carbons (Fsp3) is 0.400. The van der Waals surface area contributed by atoms with Crippen LogP contribution in [-0.4, -0.2) is 38.3 Å². The van der Waals surface area contributed by atoms with Gasteiger partial charge in [0.15, 0.2) is 0 Å². The molecule has 0 aliphatic carbocycles. The van der Waals surface area contributed by atoms with Gasteiger partial charge in [-0.15, -0.1) is 0 Å². The molecule has 1 heterocycles. The monoisotopic (exact) mass is 371 g/mol. The van der Waals surface area contributed by atoms with E-state index < -0.39 is 0 Å². The van der Waals surface area contributed by atoms with Crippen molar-refractivity contribution in [3.8, 4) is 11.5 Å². The number of nitro benzene ring substituents is 1. The van der Waals surface area contributed by atoms with Gasteiger partial charge in [-0.05, 0) is 31.9 Å². The first-order valence-corrected chi connectivity index (χ1v) is 8.99. The zero-order chi connectivity index (χ0) is 19.4. The van der Waals surface area contributed by atoms with Gasteiger partial charge in [0.2, 0.25) is 0 Å². The van der Waals surface area contributed by atoms with E-state index in [4.69, 9.17) is 9.47 Å². The Morgan fingerprint density at radius 2 is 1.70 bits per heavy atom. The summed E-state index contributed by atoms with van der Waals surface area (Å²) >= 11 is 0. The molecule has 1 fully saturated rings. The molecule has 27 heavy (non-hydrogen) atoms. The standard InChI is InChI=1S/C20H25N3O4/c1-14-10-17(4-5-20(14)23(24)25)22-8-6-15(7-9-22)21-16-11-18(26-2)13-19(12-16)27-3/h4-5,10-13,15,21H,6-9H2,1-3H3. The average Bonchev–Trinajstić information content (AvgIpc) is 2.67. The van der Waals surface area contributed by atoms with Crippen molar-refractivity contribution in [2.75, 3.05) is 37.5 Å². The van der Waals surface area contributed by atoms with Crippen molar-refractivity contribution in [1.29, 1.82) is 0 Å². The highest BCUT2D eigenvalue weighted by Gasteiger charge is 2.21. The number of hydrogen-bond acceptors (Lipinski definition) is 6. The highest BCUT2D eigenvalue weighted by molar-refractivity contribution is 5.57. The van der Waals surface area contributed by atoms with Crippen LogP contribution in [0.3, 0.4) is 0 Å². The van der Waals surface area contributed by atoms with Crippen LogP contribution in [0, 0.1) is 17.0 Å². The van der Waals surface area contributed by atoms with Gasteiger partial charge in [-0.1, -0.05) is 0 Å². The lowest BCUT2D eigenvalue weighted by Crippen LogP contribution is -2.39. The van der Waals surface area contributed by atoms with Gasteiger partial charge in [-0.2, -0.15) is 0 Å². The first-order valence-electron chi connectivity index (χ1n) is 8.99. The van der Waals surface area contributed by atoms with E-state index in [2.05, 4.69) is 10.2 Å². The molecule has 0 unspecified atom stereocenters. The summed E-state index contributed by atoms with van der Waals surface area (Å²) in [5, 5.41) is 14.5. The van der Waals surface area contributed by atoms with E-state index in [9.17, 15) is 10.1 Å². The quantitative estimate of drug-likeness (QED) is 0.611. The SMILES string of the molecule is COc1cc(NC2CCN(c3ccc([N+](=O)[O-])c(C)c3)CC2)cc(OC)c1. The predicted molar refractivity (Wildman–Crippen MR) is 106 cm³/mol. The van der Waals surface area contributed by atoms with Crippen molar-refractivity contribution in [2.45, 2.75) is 25.8 Å². The second-order valence-electron chi connectivity index (χ2n) is 6.73. The van der Waals surface area contributed by atoms with Gasteiger partial charge in [-0.3, -0.25) is 10.1 Å². The molecule has 0 saturated carbocycles. The Kier molecular flexibility index (Phi) is 5.69. The van der Waals surface area contributed by atoms with Gasteiger partial charge >= 0.3 is 0 Å². The second kappa shape index (κ2) is 8.16. The van der Waals surface area contributed by atoms with Crippen LogP contribution >= 0.6 is 0 Å². The van der Waals surface area contributed by atoms with Crippen molar-refractivity contribution in [3.05, 3.63) is 52.1 Å². The van der Waals surface area contributed by atoms with E-state index in [1.165, 1.54) is 0 Å². The molecule has 0 radical (unpaired) electrons. The molecule has 0 aromatic heterocycles. The maximum Gasteiger partial charge on any atom is 0.272 e. The lowest BCUT2D eigenvalue weighted by Gasteiger charge is -2.34. The van der Waals surface area contributed by atoms with Crippen LogP contribution in [0.4, 0.5) is 17.1 Å². The summed E-state index contributed by atoms with van der Waals surface area (Å²) in [4.78, 5) is 12.9. The summed E-state index contributed by atoms with van der Waals surface area (Å²) in [5.74, 6) is 1.52. The third kappa shape index (κ3) is 4.42. The fourth-order valence-electron chi connectivity index (χ4n) is 3.45. The molecule has 1 aliphatic rings. The molecule has 144 valence electrons. The number of nitrogens with zero attached hydrogens (tertiary/aromatic N) is 2. The molecule has 0 atom stereocenters. The number of nitro groups is 1. The molecular formula is C20H25N3O4. The topological polar surface area (TPSA) is 76.9 Å². The molecule has 0 spiro atoms. The lowest BCUT2D eigenvalue weighted by atomic mass is 10.0. The van der Waals surface area contributed by atoms with Crippen molar-refractivity contribution in [3.63, 3.8) is 0 Å². The van der Waals surface area contributed by atoms with E-state index in [-0.39, 0.29) is 10.6 Å². The maximum atomic E-state index is 11.0. The van der Waals surface area contributed by atoms with E-state index in [1.807, 2.05) is 30.3 Å². The van der Waals surface area contributed by atoms with E-state index in [1.54, 1.807) is 27.2 Å². The molecular weight excluding hydrogens is 346 g/mol. The van der Waals surface area contributed by atoms with E-state index in [0.29, 0.717) is 11.6 Å². The first kappa shape index (κ1) is 18.8. The molecule has 1 saturated heterocycles. The Hall–Kier alpha value is -2.96. The molecule has 2 aromatic carbocycles. The Morgan fingerprint density at radius 3 is 2.22 bits per heavy atom. The van der Waals surface area contributed by atoms with Crippen molar-refractivity contribution >= 4 is 17.1 Å². The smallest absolute Gasteiger partial charge is 0.272 e. The average molecular weight is 371 g/mol. The Morgan fingerprint density at radius 1 is 1.07 bits per heavy atom. The third-order valence-corrected chi connectivity index (χ3v) is 4.96. The van der Waals surface area contributed by atoms with Crippen LogP contribution in [0.15, 0.2) is 36.4 Å². The van der Waals surface area contributed by atoms with Gasteiger partial charge in [0.1, 0.15) is 11.5 Å². The molecule has 1 N–H and O–H groups in total. The summed E-state index contributed by atoms with van der Waals surface area (Å²) in [6, 6.07) is 11.5. The first-order chi connectivity index (χ1) is 13.0. The number of rotatable bonds is 6. The van der Waals surface area contributed by atoms with Crippen LogP contribution in [0.1, 0.15) is 18.4 Å². The third-order valence-electron chi connectivity index (χ3n) is 4.96. The summed E-state index contributed by atoms with van der Waals surface area (Å²) in [6.07, 6.45) is 1.96. The number of hydrogen-bond donors (Lipinski definition) is 1. The van der Waals surface area contributed by atoms with Gasteiger partial charge < -0.3 is 19.7 Å². The number of anilines is 2. The highest BCUT2D eigenvalue weighted by Crippen LogP contribution is 2.29. The minimum atomic E-state index is -0.336. The zero-order valence-corrected chi connectivity index (χ0v) is 15.9. The Labute approximate surface area is 159 Å². The van der Waals surface area contributed by atoms with Gasteiger partial charge in [-0.25, -0.2) is 0 Å². The minimum Gasteiger partial charge on any atom is -0.497 e. The largest absolute Gasteiger partial charge is 0.497 e. The molecule has 0 amide bonds. The number of methoxy groups -OCH3 is 2. The molecule has 1 aliphatic heterocycles. The molecule has 7 heteroatoms. The van der Waals surface area contributed by atoms with Crippen LogP contribution < -0.4 is 19.7 Å². The number of piperidine rings is 1. The normalized spacial score (nSPS) is 14.7. The van der Waals surface area contributed by atoms with Crippen LogP contribution in [0.5, 0.6) is 11.5 Å². The summed E-state index contributed by atoms with van der Waals surface area (Å²) < 4.78 is 10.6. The van der Waals surface area contributed by atoms with E-state index in [0.717, 1.165) is 48.8 Å². The molecule has 0 bridgehead atoms. The number of benzene rings is 2. The van der Waals surface area contributed by atoms with Crippen LogP contribution in [0.2, 0.25) is 0 Å². The number of aryl methyl sites for hydroxylation is 1. The van der Waals surface area contributed by atoms with Crippen molar-refractivity contribution in [2.24, 2.45) is 0 Å². The number of ether oxygens (including phenoxy) is 2. The van der Waals surface area contributed by atoms with Gasteiger partial charge in [0.05, 0.1) is 19.1 Å². The van der Waals surface area contributed by atoms with E-state index >= 15 is 0 Å². The fourth-order valence-corrected chi connectivity index (χ4v) is 3.45. The minimum absolute atomic E-state index is 0.169. The van der Waals surface area contributed by atoms with Crippen molar-refractivity contribution < 1.29 is 14.4 Å². The second-order valence-corrected chi connectivity index (χ2v) is 6.73. The van der Waals surface area contributed by atoms with Crippen LogP contribution in [-0.2, 0) is 0 Å². The summed E-state index contributed by atoms with van der Waals surface area (Å²) in [5.41, 5.74) is 2.89. The predicted octanol–water partition coefficient (Wildman–Crippen LogP) is 4.00. The highest BCUT2D eigenvalue weighted by atomic mass is 16.6. The van der Waals surface area contributed by atoms with Gasteiger partial charge in [0.25, 0.3) is 5.69 Å². The molecule has 2 aromatic rings. The summed E-state index contributed by atoms with van der Waals surface area (Å²) in [6.45, 7) is 3.58. The Bertz CT molecular complexity index is 795. The number of nitrogens with one attached hydrogen (secondary N) is 1. The molecule has 3 rings (SSSR count). The Balaban J connectivity index is 1.62. The summed E-state index contributed by atoms with van der Waals surface area (Å²) in [7, 11) is 3.28. The van der Waals surface area contributed by atoms with Gasteiger partial charge in [0, 0.05) is 60.3 Å². The maximum absolute atomic E-state index is 11.0. The van der Waals surface area contributed by atoms with Crippen molar-refractivity contribution in [1.82, 2.24) is 0 Å². The lowest BCUT2D eigenvalue weighted by molar-refractivity contribution is -0.385. The zero-order valence-electron chi connectivity index (χ0n) is 15.9. The van der Waals surface area contributed by atoms with Crippen LogP contribution in [0.25, 0.3) is 0 Å². The molecule has 7 nitrogen and oxygen atoms in total.